The van der Waals surface area contributed by atoms with Gasteiger partial charge in [0.15, 0.2) is 0 Å². The van der Waals surface area contributed by atoms with Crippen LogP contribution in [-0.2, 0) is 16.0 Å². The average Bonchev–Trinajstić information content (AvgIpc) is 2.77. The maximum atomic E-state index is 11.3. The molecule has 0 amide bonds. The van der Waals surface area contributed by atoms with E-state index in [4.69, 9.17) is 0 Å². The third-order valence-corrected chi connectivity index (χ3v) is 5.65. The maximum absolute atomic E-state index is 11.3. The van der Waals surface area contributed by atoms with Crippen molar-refractivity contribution in [2.45, 2.75) is 24.7 Å². The monoisotopic (exact) mass is 368 g/mol. The molecule has 2 nitrogen and oxygen atoms in total. The van der Waals surface area contributed by atoms with Gasteiger partial charge in [0.25, 0.3) is 0 Å². The van der Waals surface area contributed by atoms with E-state index in [2.05, 4.69) is 83.6 Å². The zero-order chi connectivity index (χ0) is 19.3. The molecule has 1 aliphatic rings. The summed E-state index contributed by atoms with van der Waals surface area (Å²) >= 11 is 0. The van der Waals surface area contributed by atoms with Gasteiger partial charge in [-0.1, -0.05) is 78.9 Å². The number of carbonyl (C=O) groups excluding carboxylic acids is 1. The van der Waals surface area contributed by atoms with Gasteiger partial charge in [-0.25, -0.2) is 4.79 Å². The van der Waals surface area contributed by atoms with Gasteiger partial charge < -0.3 is 4.74 Å². The average molecular weight is 368 g/mol. The molecule has 140 valence electrons. The number of hydrogen-bond acceptors (Lipinski definition) is 2. The van der Waals surface area contributed by atoms with Crippen molar-refractivity contribution in [1.29, 1.82) is 0 Å². The molecule has 0 N–H and O–H groups in total. The lowest BCUT2D eigenvalue weighted by Crippen LogP contribution is -2.20. The Labute approximate surface area is 166 Å². The Hall–Kier alpha value is -3.13. The van der Waals surface area contributed by atoms with E-state index in [1.807, 2.05) is 0 Å². The van der Waals surface area contributed by atoms with Crippen LogP contribution in [0.3, 0.4) is 0 Å². The van der Waals surface area contributed by atoms with Crippen LogP contribution in [0.4, 0.5) is 0 Å². The predicted molar refractivity (Wildman–Crippen MR) is 113 cm³/mol. The molecular weight excluding hydrogens is 344 g/mol. The van der Waals surface area contributed by atoms with Crippen LogP contribution in [0.25, 0.3) is 6.08 Å². The van der Waals surface area contributed by atoms with Crippen molar-refractivity contribution < 1.29 is 9.53 Å². The van der Waals surface area contributed by atoms with Crippen LogP contribution in [0.5, 0.6) is 0 Å². The lowest BCUT2D eigenvalue weighted by atomic mass is 9.69. The molecule has 2 atom stereocenters. The van der Waals surface area contributed by atoms with Gasteiger partial charge in [0.1, 0.15) is 0 Å². The molecule has 0 saturated heterocycles. The third-order valence-electron chi connectivity index (χ3n) is 5.65. The molecular formula is C26H24O2. The Bertz CT molecular complexity index is 971. The molecule has 0 aliphatic heterocycles. The summed E-state index contributed by atoms with van der Waals surface area (Å²) in [5, 5.41) is 0. The summed E-state index contributed by atoms with van der Waals surface area (Å²) in [5.41, 5.74) is 6.59. The number of hydrogen-bond donors (Lipinski definition) is 0. The number of carbonyl (C=O) groups is 1. The summed E-state index contributed by atoms with van der Waals surface area (Å²) in [7, 11) is 1.39. The number of ether oxygens (including phenoxy) is 1. The smallest absolute Gasteiger partial charge is 0.330 e. The minimum atomic E-state index is -0.338. The van der Waals surface area contributed by atoms with Crippen molar-refractivity contribution in [2.75, 3.05) is 7.11 Å². The standard InChI is InChI=1S/C26H24O2/c1-28-25(27)18-13-19-11-14-22(15-12-19)26-23-10-6-5-9-21(23)16-17-24(26)20-7-3-2-4-8-20/h2-15,18,24,26H,16-17H2,1H3. The molecule has 0 aromatic heterocycles. The fourth-order valence-corrected chi connectivity index (χ4v) is 4.28. The number of fused-ring (bicyclic) bond motifs is 1. The lowest BCUT2D eigenvalue weighted by molar-refractivity contribution is -0.134. The van der Waals surface area contributed by atoms with Crippen LogP contribution in [0.1, 0.15) is 46.1 Å². The van der Waals surface area contributed by atoms with Crippen molar-refractivity contribution in [3.8, 4) is 0 Å². The van der Waals surface area contributed by atoms with Crippen molar-refractivity contribution in [3.63, 3.8) is 0 Å². The molecule has 0 radical (unpaired) electrons. The second kappa shape index (κ2) is 8.26. The zero-order valence-electron chi connectivity index (χ0n) is 16.0. The predicted octanol–water partition coefficient (Wildman–Crippen LogP) is 5.73. The van der Waals surface area contributed by atoms with E-state index in [1.165, 1.54) is 35.4 Å². The Morgan fingerprint density at radius 1 is 0.893 bits per heavy atom. The largest absolute Gasteiger partial charge is 0.466 e. The summed E-state index contributed by atoms with van der Waals surface area (Å²) in [6, 6.07) is 28.2. The molecule has 0 fully saturated rings. The van der Waals surface area contributed by atoms with E-state index in [0.29, 0.717) is 11.8 Å². The quantitative estimate of drug-likeness (QED) is 0.434. The van der Waals surface area contributed by atoms with Crippen LogP contribution in [0.2, 0.25) is 0 Å². The highest BCUT2D eigenvalue weighted by Gasteiger charge is 2.31. The van der Waals surface area contributed by atoms with E-state index in [1.54, 1.807) is 6.08 Å². The Kier molecular flexibility index (Phi) is 5.38. The molecule has 0 bridgehead atoms. The number of esters is 1. The number of aryl methyl sites for hydroxylation is 1. The van der Waals surface area contributed by atoms with Gasteiger partial charge in [-0.15, -0.1) is 0 Å². The van der Waals surface area contributed by atoms with Crippen LogP contribution in [-0.4, -0.2) is 13.1 Å². The highest BCUT2D eigenvalue weighted by Crippen LogP contribution is 2.46. The van der Waals surface area contributed by atoms with Gasteiger partial charge in [-0.3, -0.25) is 0 Å². The lowest BCUT2D eigenvalue weighted by Gasteiger charge is -2.34. The zero-order valence-corrected chi connectivity index (χ0v) is 16.0. The second-order valence-corrected chi connectivity index (χ2v) is 7.26. The summed E-state index contributed by atoms with van der Waals surface area (Å²) < 4.78 is 4.67. The molecule has 0 saturated carbocycles. The van der Waals surface area contributed by atoms with Gasteiger partial charge in [-0.05, 0) is 52.7 Å². The molecule has 2 heteroatoms. The summed E-state index contributed by atoms with van der Waals surface area (Å²) in [5.74, 6) is 0.466. The fraction of sp³-hybridized carbons (Fsp3) is 0.192. The van der Waals surface area contributed by atoms with E-state index in [0.717, 1.165) is 18.4 Å². The van der Waals surface area contributed by atoms with E-state index in [-0.39, 0.29) is 5.97 Å². The minimum absolute atomic E-state index is 0.338. The van der Waals surface area contributed by atoms with Crippen molar-refractivity contribution >= 4 is 12.0 Å². The molecule has 1 aliphatic carbocycles. The third kappa shape index (κ3) is 3.77. The number of rotatable bonds is 4. The number of benzene rings is 3. The Balaban J connectivity index is 1.71. The first-order valence-electron chi connectivity index (χ1n) is 9.75. The fourth-order valence-electron chi connectivity index (χ4n) is 4.28. The summed E-state index contributed by atoms with van der Waals surface area (Å²) in [4.78, 5) is 11.3. The highest BCUT2D eigenvalue weighted by atomic mass is 16.5. The van der Waals surface area contributed by atoms with Gasteiger partial charge in [0, 0.05) is 12.0 Å². The normalized spacial score (nSPS) is 18.6. The van der Waals surface area contributed by atoms with Gasteiger partial charge in [0.2, 0.25) is 0 Å². The van der Waals surface area contributed by atoms with Crippen LogP contribution in [0.15, 0.2) is 84.9 Å². The van der Waals surface area contributed by atoms with E-state index < -0.39 is 0 Å². The molecule has 0 spiro atoms. The first kappa shape index (κ1) is 18.2. The first-order valence-corrected chi connectivity index (χ1v) is 9.75. The van der Waals surface area contributed by atoms with Gasteiger partial charge in [-0.2, -0.15) is 0 Å². The van der Waals surface area contributed by atoms with Gasteiger partial charge >= 0.3 is 5.97 Å². The summed E-state index contributed by atoms with van der Waals surface area (Å²) in [6.07, 6.45) is 5.51. The topological polar surface area (TPSA) is 26.3 Å². The van der Waals surface area contributed by atoms with Crippen LogP contribution >= 0.6 is 0 Å². The van der Waals surface area contributed by atoms with Crippen LogP contribution in [0, 0.1) is 0 Å². The molecule has 3 aromatic carbocycles. The Morgan fingerprint density at radius 2 is 1.61 bits per heavy atom. The molecule has 4 rings (SSSR count). The first-order chi connectivity index (χ1) is 13.8. The van der Waals surface area contributed by atoms with E-state index >= 15 is 0 Å². The van der Waals surface area contributed by atoms with Crippen LogP contribution < -0.4 is 0 Å². The Morgan fingerprint density at radius 3 is 2.36 bits per heavy atom. The van der Waals surface area contributed by atoms with Crippen molar-refractivity contribution in [1.82, 2.24) is 0 Å². The number of methoxy groups -OCH3 is 1. The van der Waals surface area contributed by atoms with Gasteiger partial charge in [0.05, 0.1) is 7.11 Å². The van der Waals surface area contributed by atoms with E-state index in [9.17, 15) is 4.79 Å². The van der Waals surface area contributed by atoms with Crippen molar-refractivity contribution in [3.05, 3.63) is 113 Å². The summed E-state index contributed by atoms with van der Waals surface area (Å²) in [6.45, 7) is 0. The van der Waals surface area contributed by atoms with Crippen molar-refractivity contribution in [2.24, 2.45) is 0 Å². The minimum Gasteiger partial charge on any atom is -0.466 e. The maximum Gasteiger partial charge on any atom is 0.330 e. The molecule has 2 unspecified atom stereocenters. The highest BCUT2D eigenvalue weighted by molar-refractivity contribution is 5.86. The molecule has 3 aromatic rings. The molecule has 0 heterocycles. The second-order valence-electron chi connectivity index (χ2n) is 7.26. The molecule has 28 heavy (non-hydrogen) atoms. The SMILES string of the molecule is COC(=O)C=Cc1ccc(C2c3ccccc3CCC2c2ccccc2)cc1.